The molecular formula is C14H17F3N2O3S. The molecule has 0 fully saturated rings. The summed E-state index contributed by atoms with van der Waals surface area (Å²) in [7, 11) is -4.16. The van der Waals surface area contributed by atoms with Crippen molar-refractivity contribution in [2.24, 2.45) is 5.92 Å². The number of carbonyl (C=O) groups excluding carboxylic acids is 1. The van der Waals surface area contributed by atoms with Crippen molar-refractivity contribution in [3.63, 3.8) is 0 Å². The highest BCUT2D eigenvalue weighted by molar-refractivity contribution is 7.90. The number of fused-ring (bicyclic) bond motifs is 1. The number of nitrogens with one attached hydrogen (secondary N) is 1. The molecule has 1 N–H and O–H groups in total. The van der Waals surface area contributed by atoms with E-state index in [2.05, 4.69) is 5.32 Å². The fourth-order valence-electron chi connectivity index (χ4n) is 2.45. The summed E-state index contributed by atoms with van der Waals surface area (Å²) < 4.78 is 63.2. The second-order valence-electron chi connectivity index (χ2n) is 5.56. The average molecular weight is 350 g/mol. The van der Waals surface area contributed by atoms with E-state index < -0.39 is 41.1 Å². The maximum Gasteiger partial charge on any atom is 0.389 e. The number of amides is 2. The van der Waals surface area contributed by atoms with E-state index in [1.165, 1.54) is 19.1 Å². The minimum absolute atomic E-state index is 0.107. The van der Waals surface area contributed by atoms with Crippen LogP contribution in [0.2, 0.25) is 0 Å². The van der Waals surface area contributed by atoms with Crippen molar-refractivity contribution in [1.29, 1.82) is 0 Å². The fraction of sp³-hybridized carbons (Fsp3) is 0.500. The third-order valence-electron chi connectivity index (χ3n) is 3.69. The molecule has 1 aromatic rings. The Balaban J connectivity index is 2.33. The van der Waals surface area contributed by atoms with Crippen LogP contribution in [0.15, 0.2) is 23.1 Å². The molecule has 0 saturated heterocycles. The monoisotopic (exact) mass is 350 g/mol. The van der Waals surface area contributed by atoms with Crippen molar-refractivity contribution >= 4 is 21.7 Å². The summed E-state index contributed by atoms with van der Waals surface area (Å²) in [5.74, 6) is -0.984. The number of halogens is 3. The lowest BCUT2D eigenvalue weighted by Crippen LogP contribution is -2.46. The van der Waals surface area contributed by atoms with Gasteiger partial charge in [-0.2, -0.15) is 13.2 Å². The highest BCUT2D eigenvalue weighted by atomic mass is 32.2. The van der Waals surface area contributed by atoms with Crippen LogP contribution in [0.4, 0.5) is 23.7 Å². The smallest absolute Gasteiger partial charge is 0.306 e. The zero-order chi connectivity index (χ0) is 17.4. The largest absolute Gasteiger partial charge is 0.389 e. The molecule has 0 bridgehead atoms. The maximum absolute atomic E-state index is 12.6. The first-order valence-electron chi connectivity index (χ1n) is 7.05. The predicted molar refractivity (Wildman–Crippen MR) is 78.5 cm³/mol. The standard InChI is InChI=1S/C14H17F3N2O3S/c1-3-10(7-14(15,16)17)8-19-13(20)18-11-6-9(2)4-5-12(11)23(19,21)22/h4-6,10H,3,7-8H2,1-2H3,(H,18,20). The van der Waals surface area contributed by atoms with Crippen LogP contribution in [-0.4, -0.2) is 31.5 Å². The normalized spacial score (nSPS) is 18.3. The van der Waals surface area contributed by atoms with E-state index in [0.29, 0.717) is 4.31 Å². The number of hydrogen-bond acceptors (Lipinski definition) is 3. The second-order valence-corrected chi connectivity index (χ2v) is 7.39. The quantitative estimate of drug-likeness (QED) is 0.904. The van der Waals surface area contributed by atoms with E-state index >= 15 is 0 Å². The third-order valence-corrected chi connectivity index (χ3v) is 5.50. The van der Waals surface area contributed by atoms with Crippen LogP contribution in [0.25, 0.3) is 0 Å². The minimum atomic E-state index is -4.41. The molecule has 0 saturated carbocycles. The molecule has 2 rings (SSSR count). The van der Waals surface area contributed by atoms with Gasteiger partial charge >= 0.3 is 12.2 Å². The number of aryl methyl sites for hydroxylation is 1. The molecule has 1 atom stereocenters. The Hall–Kier alpha value is -1.77. The van der Waals surface area contributed by atoms with Gasteiger partial charge in [-0.05, 0) is 30.5 Å². The average Bonchev–Trinajstić information content (AvgIpc) is 2.40. The number of benzene rings is 1. The van der Waals surface area contributed by atoms with Crippen molar-refractivity contribution in [2.45, 2.75) is 37.8 Å². The first-order chi connectivity index (χ1) is 10.5. The Kier molecular flexibility index (Phi) is 4.61. The van der Waals surface area contributed by atoms with E-state index in [0.717, 1.165) is 5.56 Å². The molecule has 1 heterocycles. The third kappa shape index (κ3) is 3.77. The molecule has 23 heavy (non-hydrogen) atoms. The Morgan fingerprint density at radius 3 is 2.52 bits per heavy atom. The molecule has 1 aliphatic rings. The highest BCUT2D eigenvalue weighted by Gasteiger charge is 2.40. The van der Waals surface area contributed by atoms with Gasteiger partial charge in [-0.1, -0.05) is 19.4 Å². The molecule has 0 spiro atoms. The molecule has 9 heteroatoms. The molecular weight excluding hydrogens is 333 g/mol. The van der Waals surface area contributed by atoms with Crippen molar-refractivity contribution in [3.8, 4) is 0 Å². The number of urea groups is 1. The van der Waals surface area contributed by atoms with Crippen molar-refractivity contribution in [3.05, 3.63) is 23.8 Å². The molecule has 2 amide bonds. The maximum atomic E-state index is 12.6. The lowest BCUT2D eigenvalue weighted by atomic mass is 10.0. The number of anilines is 1. The van der Waals surface area contributed by atoms with Crippen LogP contribution >= 0.6 is 0 Å². The first-order valence-corrected chi connectivity index (χ1v) is 8.49. The van der Waals surface area contributed by atoms with Gasteiger partial charge in [0.2, 0.25) is 0 Å². The van der Waals surface area contributed by atoms with Crippen LogP contribution in [0.1, 0.15) is 25.3 Å². The first kappa shape index (κ1) is 17.6. The van der Waals surface area contributed by atoms with Crippen LogP contribution in [0, 0.1) is 12.8 Å². The molecule has 0 aliphatic carbocycles. The molecule has 128 valence electrons. The summed E-state index contributed by atoms with van der Waals surface area (Å²) in [4.78, 5) is 11.9. The van der Waals surface area contributed by atoms with Crippen LogP contribution in [0.5, 0.6) is 0 Å². The van der Waals surface area contributed by atoms with Crippen molar-refractivity contribution in [1.82, 2.24) is 4.31 Å². The Morgan fingerprint density at radius 1 is 1.30 bits per heavy atom. The Bertz CT molecular complexity index is 716. The van der Waals surface area contributed by atoms with Gasteiger partial charge in [-0.15, -0.1) is 0 Å². The predicted octanol–water partition coefficient (Wildman–Crippen LogP) is 3.51. The summed E-state index contributed by atoms with van der Waals surface area (Å²) >= 11 is 0. The van der Waals surface area contributed by atoms with Gasteiger partial charge in [0.05, 0.1) is 5.69 Å². The fourth-order valence-corrected chi connectivity index (χ4v) is 3.99. The summed E-state index contributed by atoms with van der Waals surface area (Å²) in [5.41, 5.74) is 0.909. The second kappa shape index (κ2) is 6.03. The summed E-state index contributed by atoms with van der Waals surface area (Å²) in [6.45, 7) is 2.77. The van der Waals surface area contributed by atoms with Gasteiger partial charge in [-0.25, -0.2) is 17.5 Å². The number of hydrogen-bond donors (Lipinski definition) is 1. The number of rotatable bonds is 4. The lowest BCUT2D eigenvalue weighted by Gasteiger charge is -2.31. The summed E-state index contributed by atoms with van der Waals surface area (Å²) in [6, 6.07) is 3.49. The van der Waals surface area contributed by atoms with Gasteiger partial charge in [0, 0.05) is 13.0 Å². The number of nitrogens with zero attached hydrogens (tertiary/aromatic N) is 1. The number of sulfonamides is 1. The van der Waals surface area contributed by atoms with Crippen LogP contribution < -0.4 is 5.32 Å². The number of carbonyl (C=O) groups is 1. The van der Waals surface area contributed by atoms with E-state index in [1.54, 1.807) is 13.0 Å². The van der Waals surface area contributed by atoms with E-state index in [1.807, 2.05) is 0 Å². The van der Waals surface area contributed by atoms with Crippen LogP contribution in [0.3, 0.4) is 0 Å². The van der Waals surface area contributed by atoms with Gasteiger partial charge in [-0.3, -0.25) is 0 Å². The van der Waals surface area contributed by atoms with E-state index in [9.17, 15) is 26.4 Å². The molecule has 0 aromatic heterocycles. The SMILES string of the molecule is CCC(CN1C(=O)Nc2cc(C)ccc2S1(=O)=O)CC(F)(F)F. The van der Waals surface area contributed by atoms with Crippen LogP contribution in [-0.2, 0) is 10.0 Å². The van der Waals surface area contributed by atoms with Gasteiger partial charge in [0.25, 0.3) is 10.0 Å². The topological polar surface area (TPSA) is 66.5 Å². The molecule has 1 aliphatic heterocycles. The molecule has 5 nitrogen and oxygen atoms in total. The minimum Gasteiger partial charge on any atom is -0.306 e. The lowest BCUT2D eigenvalue weighted by molar-refractivity contribution is -0.145. The summed E-state index contributed by atoms with van der Waals surface area (Å²) in [5, 5.41) is 2.43. The zero-order valence-electron chi connectivity index (χ0n) is 12.6. The summed E-state index contributed by atoms with van der Waals surface area (Å²) in [6.07, 6.45) is -5.44. The highest BCUT2D eigenvalue weighted by Crippen LogP contribution is 2.33. The molecule has 1 unspecified atom stereocenters. The molecule has 0 radical (unpaired) electrons. The number of alkyl halides is 3. The van der Waals surface area contributed by atoms with Gasteiger partial charge in [0.1, 0.15) is 4.90 Å². The van der Waals surface area contributed by atoms with Gasteiger partial charge < -0.3 is 5.32 Å². The van der Waals surface area contributed by atoms with Crippen molar-refractivity contribution < 1.29 is 26.4 Å². The van der Waals surface area contributed by atoms with E-state index in [4.69, 9.17) is 0 Å². The zero-order valence-corrected chi connectivity index (χ0v) is 13.5. The Morgan fingerprint density at radius 2 is 1.96 bits per heavy atom. The van der Waals surface area contributed by atoms with Gasteiger partial charge in [0.15, 0.2) is 0 Å². The Labute approximate surface area is 132 Å². The van der Waals surface area contributed by atoms with Crippen molar-refractivity contribution in [2.75, 3.05) is 11.9 Å². The van der Waals surface area contributed by atoms with E-state index in [-0.39, 0.29) is 17.0 Å². The molecule has 1 aromatic carbocycles.